The minimum Gasteiger partial charge on any atom is -0.359 e. The number of hydrogen-bond donors (Lipinski definition) is 2. The molecule has 0 aliphatic rings. The average molecular weight is 203 g/mol. The Labute approximate surface area is 87.7 Å². The summed E-state index contributed by atoms with van der Waals surface area (Å²) in [5.41, 5.74) is 4.29. The second-order valence-electron chi connectivity index (χ2n) is 3.59. The summed E-state index contributed by atoms with van der Waals surface area (Å²) in [6.07, 6.45) is 1.70. The molecule has 0 aromatic carbocycles. The Hall–Kier alpha value is -1.84. The predicted octanol–water partition coefficient (Wildman–Crippen LogP) is 1.54. The van der Waals surface area contributed by atoms with E-state index in [0.717, 1.165) is 22.3 Å². The fourth-order valence-corrected chi connectivity index (χ4v) is 1.73. The molecule has 0 fully saturated rings. The maximum absolute atomic E-state index is 11.5. The van der Waals surface area contributed by atoms with E-state index < -0.39 is 0 Å². The fourth-order valence-electron chi connectivity index (χ4n) is 1.73. The summed E-state index contributed by atoms with van der Waals surface area (Å²) < 4.78 is 0. The molecule has 2 aromatic heterocycles. The van der Waals surface area contributed by atoms with Crippen LogP contribution in [0.2, 0.25) is 0 Å². The van der Waals surface area contributed by atoms with Crippen molar-refractivity contribution in [3.8, 4) is 0 Å². The zero-order valence-electron chi connectivity index (χ0n) is 9.01. The third kappa shape index (κ3) is 1.48. The molecule has 4 nitrogen and oxygen atoms in total. The lowest BCUT2D eigenvalue weighted by Gasteiger charge is -2.00. The number of aryl methyl sites for hydroxylation is 2. The van der Waals surface area contributed by atoms with Crippen LogP contribution in [0.3, 0.4) is 0 Å². The molecule has 1 amide bonds. The van der Waals surface area contributed by atoms with Crippen LogP contribution in [0.5, 0.6) is 0 Å². The number of carbonyl (C=O) groups is 1. The molecule has 0 saturated heterocycles. The van der Waals surface area contributed by atoms with Crippen LogP contribution < -0.4 is 5.32 Å². The molecular weight excluding hydrogens is 190 g/mol. The van der Waals surface area contributed by atoms with Crippen molar-refractivity contribution >= 4 is 16.9 Å². The lowest BCUT2D eigenvalue weighted by molar-refractivity contribution is 0.0964. The first-order valence-electron chi connectivity index (χ1n) is 4.81. The quantitative estimate of drug-likeness (QED) is 0.738. The largest absolute Gasteiger partial charge is 0.359 e. The van der Waals surface area contributed by atoms with E-state index in [9.17, 15) is 4.79 Å². The van der Waals surface area contributed by atoms with Crippen molar-refractivity contribution in [3.63, 3.8) is 0 Å². The van der Waals surface area contributed by atoms with Crippen LogP contribution in [0.1, 0.15) is 21.6 Å². The van der Waals surface area contributed by atoms with Gasteiger partial charge in [0.1, 0.15) is 5.52 Å². The summed E-state index contributed by atoms with van der Waals surface area (Å²) >= 11 is 0. The molecule has 0 aliphatic heterocycles. The molecule has 2 rings (SSSR count). The summed E-state index contributed by atoms with van der Waals surface area (Å²) in [5.74, 6) is -0.112. The van der Waals surface area contributed by atoms with Crippen molar-refractivity contribution in [3.05, 3.63) is 29.1 Å². The van der Waals surface area contributed by atoms with Gasteiger partial charge in [-0.25, -0.2) is 0 Å². The molecule has 78 valence electrons. The number of nitrogens with zero attached hydrogens (tertiary/aromatic N) is 1. The van der Waals surface area contributed by atoms with E-state index in [4.69, 9.17) is 0 Å². The Kier molecular flexibility index (Phi) is 2.19. The lowest BCUT2D eigenvalue weighted by Crippen LogP contribution is -2.17. The average Bonchev–Trinajstić information content (AvgIpc) is 2.60. The summed E-state index contributed by atoms with van der Waals surface area (Å²) in [6.45, 7) is 3.92. The molecule has 0 spiro atoms. The van der Waals surface area contributed by atoms with E-state index in [0.29, 0.717) is 5.56 Å². The van der Waals surface area contributed by atoms with Gasteiger partial charge >= 0.3 is 0 Å². The number of pyridine rings is 1. The summed E-state index contributed by atoms with van der Waals surface area (Å²) in [4.78, 5) is 19.0. The number of aromatic amines is 1. The van der Waals surface area contributed by atoms with Gasteiger partial charge in [-0.2, -0.15) is 0 Å². The summed E-state index contributed by atoms with van der Waals surface area (Å²) in [7, 11) is 1.61. The van der Waals surface area contributed by atoms with Gasteiger partial charge in [0, 0.05) is 18.9 Å². The van der Waals surface area contributed by atoms with Gasteiger partial charge in [0.05, 0.1) is 11.1 Å². The Morgan fingerprint density at radius 3 is 2.87 bits per heavy atom. The van der Waals surface area contributed by atoms with Crippen molar-refractivity contribution < 1.29 is 4.79 Å². The van der Waals surface area contributed by atoms with Crippen LogP contribution in [0, 0.1) is 13.8 Å². The Morgan fingerprint density at radius 2 is 2.20 bits per heavy atom. The number of carbonyl (C=O) groups excluding carboxylic acids is 1. The molecule has 0 atom stereocenters. The highest BCUT2D eigenvalue weighted by atomic mass is 16.1. The second kappa shape index (κ2) is 3.38. The normalized spacial score (nSPS) is 10.6. The van der Waals surface area contributed by atoms with Gasteiger partial charge in [0.25, 0.3) is 5.91 Å². The second-order valence-corrected chi connectivity index (χ2v) is 3.59. The van der Waals surface area contributed by atoms with Crippen molar-refractivity contribution in [2.75, 3.05) is 7.05 Å². The molecule has 4 heteroatoms. The fraction of sp³-hybridized carbons (Fsp3) is 0.273. The molecule has 0 saturated carbocycles. The van der Waals surface area contributed by atoms with E-state index in [-0.39, 0.29) is 5.91 Å². The van der Waals surface area contributed by atoms with Gasteiger partial charge in [-0.05, 0) is 25.5 Å². The zero-order valence-corrected chi connectivity index (χ0v) is 9.01. The van der Waals surface area contributed by atoms with Crippen LogP contribution in [-0.2, 0) is 0 Å². The summed E-state index contributed by atoms with van der Waals surface area (Å²) in [6, 6.07) is 1.99. The number of fused-ring (bicyclic) bond motifs is 1. The third-order valence-electron chi connectivity index (χ3n) is 2.43. The van der Waals surface area contributed by atoms with Crippen LogP contribution in [0.4, 0.5) is 0 Å². The van der Waals surface area contributed by atoms with Crippen molar-refractivity contribution in [1.82, 2.24) is 15.3 Å². The van der Waals surface area contributed by atoms with E-state index >= 15 is 0 Å². The maximum Gasteiger partial charge on any atom is 0.254 e. The number of H-pyrrole nitrogens is 1. The molecule has 0 radical (unpaired) electrons. The topological polar surface area (TPSA) is 57.8 Å². The van der Waals surface area contributed by atoms with Crippen molar-refractivity contribution in [2.24, 2.45) is 0 Å². The van der Waals surface area contributed by atoms with E-state index in [1.165, 1.54) is 0 Å². The highest BCUT2D eigenvalue weighted by molar-refractivity contribution is 6.05. The maximum atomic E-state index is 11.5. The minimum absolute atomic E-state index is 0.112. The molecule has 0 bridgehead atoms. The van der Waals surface area contributed by atoms with E-state index in [2.05, 4.69) is 15.3 Å². The first kappa shape index (κ1) is 9.71. The molecule has 0 aliphatic carbocycles. The molecule has 2 N–H and O–H groups in total. The molecule has 2 heterocycles. The summed E-state index contributed by atoms with van der Waals surface area (Å²) in [5, 5.41) is 2.60. The molecule has 2 aromatic rings. The van der Waals surface area contributed by atoms with Gasteiger partial charge in [0.2, 0.25) is 0 Å². The Bertz CT molecular complexity index is 528. The Balaban J connectivity index is 2.74. The SMILES string of the molecule is CNC(=O)c1c[nH]c2c(C)cc(C)nc12. The standard InChI is InChI=1S/C11H13N3O/c1-6-4-7(2)14-10-8(11(15)12-3)5-13-9(6)10/h4-5,13H,1-3H3,(H,12,15). The highest BCUT2D eigenvalue weighted by Gasteiger charge is 2.13. The van der Waals surface area contributed by atoms with Crippen molar-refractivity contribution in [2.45, 2.75) is 13.8 Å². The molecular formula is C11H13N3O. The zero-order chi connectivity index (χ0) is 11.0. The highest BCUT2D eigenvalue weighted by Crippen LogP contribution is 2.20. The minimum atomic E-state index is -0.112. The predicted molar refractivity (Wildman–Crippen MR) is 59.0 cm³/mol. The van der Waals surface area contributed by atoms with Crippen LogP contribution in [0.25, 0.3) is 11.0 Å². The number of hydrogen-bond acceptors (Lipinski definition) is 2. The lowest BCUT2D eigenvalue weighted by atomic mass is 10.2. The van der Waals surface area contributed by atoms with Crippen LogP contribution in [0.15, 0.2) is 12.3 Å². The monoisotopic (exact) mass is 203 g/mol. The van der Waals surface area contributed by atoms with E-state index in [1.54, 1.807) is 13.2 Å². The number of amides is 1. The first-order chi connectivity index (χ1) is 7.13. The first-order valence-corrected chi connectivity index (χ1v) is 4.81. The third-order valence-corrected chi connectivity index (χ3v) is 2.43. The van der Waals surface area contributed by atoms with Gasteiger partial charge < -0.3 is 10.3 Å². The van der Waals surface area contributed by atoms with Gasteiger partial charge in [0.15, 0.2) is 0 Å². The number of aromatic nitrogens is 2. The van der Waals surface area contributed by atoms with Crippen LogP contribution in [-0.4, -0.2) is 22.9 Å². The van der Waals surface area contributed by atoms with Gasteiger partial charge in [-0.1, -0.05) is 0 Å². The Morgan fingerprint density at radius 1 is 1.47 bits per heavy atom. The van der Waals surface area contributed by atoms with Crippen molar-refractivity contribution in [1.29, 1.82) is 0 Å². The molecule has 15 heavy (non-hydrogen) atoms. The number of rotatable bonds is 1. The number of nitrogens with one attached hydrogen (secondary N) is 2. The van der Waals surface area contributed by atoms with Gasteiger partial charge in [-0.3, -0.25) is 9.78 Å². The van der Waals surface area contributed by atoms with E-state index in [1.807, 2.05) is 19.9 Å². The molecule has 0 unspecified atom stereocenters. The van der Waals surface area contributed by atoms with Gasteiger partial charge in [-0.15, -0.1) is 0 Å². The van der Waals surface area contributed by atoms with Crippen LogP contribution >= 0.6 is 0 Å². The smallest absolute Gasteiger partial charge is 0.254 e.